The zero-order chi connectivity index (χ0) is 20.6. The third kappa shape index (κ3) is 5.09. The van der Waals surface area contributed by atoms with E-state index in [4.69, 9.17) is 14.2 Å². The lowest BCUT2D eigenvalue weighted by Gasteiger charge is -2.25. The molecule has 6 heteroatoms. The van der Waals surface area contributed by atoms with Crippen LogP contribution in [0.25, 0.3) is 0 Å². The van der Waals surface area contributed by atoms with Crippen molar-refractivity contribution < 1.29 is 19.0 Å². The molecule has 0 aromatic heterocycles. The minimum absolute atomic E-state index is 0.0982. The molecule has 0 spiro atoms. The molecule has 0 aliphatic rings. The van der Waals surface area contributed by atoms with Crippen molar-refractivity contribution in [3.8, 4) is 23.0 Å². The van der Waals surface area contributed by atoms with Gasteiger partial charge in [0.05, 0.1) is 31.8 Å². The molecule has 0 atom stereocenters. The molecular weight excluding hydrogens is 434 g/mol. The minimum Gasteiger partial charge on any atom is -0.497 e. The van der Waals surface area contributed by atoms with Crippen LogP contribution in [-0.2, 0) is 11.3 Å². The molecule has 0 bridgehead atoms. The molecule has 0 saturated carbocycles. The van der Waals surface area contributed by atoms with Gasteiger partial charge in [-0.2, -0.15) is 0 Å². The van der Waals surface area contributed by atoms with Crippen LogP contribution in [0.4, 0.5) is 5.69 Å². The van der Waals surface area contributed by atoms with Gasteiger partial charge in [-0.25, -0.2) is 0 Å². The molecule has 3 rings (SSSR count). The molecule has 0 fully saturated rings. The van der Waals surface area contributed by atoms with Crippen molar-refractivity contribution in [2.24, 2.45) is 0 Å². The molecule has 0 N–H and O–H groups in total. The molecule has 150 valence electrons. The molecule has 0 aliphatic heterocycles. The summed E-state index contributed by atoms with van der Waals surface area (Å²) in [7, 11) is 3.21. The van der Waals surface area contributed by atoms with Gasteiger partial charge in [-0.15, -0.1) is 0 Å². The molecule has 0 heterocycles. The van der Waals surface area contributed by atoms with Crippen LogP contribution in [0.2, 0.25) is 0 Å². The molecule has 3 aromatic rings. The van der Waals surface area contributed by atoms with Gasteiger partial charge in [-0.05, 0) is 42.5 Å². The molecule has 0 unspecified atom stereocenters. The first-order valence-electron chi connectivity index (χ1n) is 9.05. The fourth-order valence-electron chi connectivity index (χ4n) is 2.94. The fraction of sp³-hybridized carbons (Fsp3) is 0.174. The first kappa shape index (κ1) is 20.7. The number of methoxy groups -OCH3 is 2. The molecule has 0 radical (unpaired) electrons. The number of anilines is 1. The molecule has 1 amide bonds. The van der Waals surface area contributed by atoms with Crippen LogP contribution in [0.3, 0.4) is 0 Å². The Bertz CT molecular complexity index is 962. The second kappa shape index (κ2) is 9.98. The van der Waals surface area contributed by atoms with Gasteiger partial charge in [0.25, 0.3) is 0 Å². The van der Waals surface area contributed by atoms with Crippen LogP contribution >= 0.6 is 15.9 Å². The number of nitrogens with zero attached hydrogens (tertiary/aromatic N) is 1. The Hall–Kier alpha value is -2.99. The van der Waals surface area contributed by atoms with E-state index < -0.39 is 0 Å². The van der Waals surface area contributed by atoms with Crippen molar-refractivity contribution in [1.82, 2.24) is 0 Å². The highest BCUT2D eigenvalue weighted by Gasteiger charge is 2.21. The molecule has 0 aliphatic carbocycles. The third-order valence-corrected chi connectivity index (χ3v) is 4.84. The second-order valence-corrected chi connectivity index (χ2v) is 6.73. The van der Waals surface area contributed by atoms with E-state index in [1.807, 2.05) is 72.8 Å². The lowest BCUT2D eigenvalue weighted by atomic mass is 10.1. The molecule has 0 saturated heterocycles. The van der Waals surface area contributed by atoms with E-state index in [2.05, 4.69) is 15.9 Å². The largest absolute Gasteiger partial charge is 0.497 e. The maximum absolute atomic E-state index is 12.8. The summed E-state index contributed by atoms with van der Waals surface area (Å²) in [5, 5.41) is 0.180. The highest BCUT2D eigenvalue weighted by atomic mass is 79.9. The maximum atomic E-state index is 12.8. The number of carbonyl (C=O) groups excluding carboxylic acids is 1. The monoisotopic (exact) mass is 455 g/mol. The molecule has 3 aromatic carbocycles. The number of hydrogen-bond acceptors (Lipinski definition) is 4. The van der Waals surface area contributed by atoms with Crippen molar-refractivity contribution in [1.29, 1.82) is 0 Å². The smallest absolute Gasteiger partial charge is 0.238 e. The summed E-state index contributed by atoms with van der Waals surface area (Å²) in [6.45, 7) is 0.306. The Morgan fingerprint density at radius 3 is 2.28 bits per heavy atom. The van der Waals surface area contributed by atoms with E-state index in [0.717, 1.165) is 5.56 Å². The maximum Gasteiger partial charge on any atom is 0.238 e. The van der Waals surface area contributed by atoms with Crippen molar-refractivity contribution in [2.45, 2.75) is 6.54 Å². The normalized spacial score (nSPS) is 10.3. The zero-order valence-corrected chi connectivity index (χ0v) is 17.9. The average Bonchev–Trinajstić information content (AvgIpc) is 2.78. The van der Waals surface area contributed by atoms with Gasteiger partial charge in [0.2, 0.25) is 5.91 Å². The summed E-state index contributed by atoms with van der Waals surface area (Å²) in [5.41, 5.74) is 1.50. The van der Waals surface area contributed by atoms with Gasteiger partial charge < -0.3 is 19.1 Å². The van der Waals surface area contributed by atoms with Crippen LogP contribution in [0.15, 0.2) is 72.8 Å². The Morgan fingerprint density at radius 1 is 0.862 bits per heavy atom. The SMILES string of the molecule is COc1ccc(OC)c(CN(C(=O)CBr)c2ccccc2Oc2ccccc2)c1. The Kier molecular flexibility index (Phi) is 7.14. The number of benzene rings is 3. The minimum atomic E-state index is -0.0982. The molecule has 29 heavy (non-hydrogen) atoms. The summed E-state index contributed by atoms with van der Waals surface area (Å²) in [6, 6.07) is 22.5. The van der Waals surface area contributed by atoms with Gasteiger partial charge in [-0.3, -0.25) is 4.79 Å². The first-order chi connectivity index (χ1) is 14.2. The zero-order valence-electron chi connectivity index (χ0n) is 16.3. The van der Waals surface area contributed by atoms with Gasteiger partial charge in [-0.1, -0.05) is 46.3 Å². The quantitative estimate of drug-likeness (QED) is 0.425. The van der Waals surface area contributed by atoms with Gasteiger partial charge in [0.15, 0.2) is 5.75 Å². The predicted molar refractivity (Wildman–Crippen MR) is 117 cm³/mol. The van der Waals surface area contributed by atoms with Crippen LogP contribution in [-0.4, -0.2) is 25.5 Å². The molecule has 5 nitrogen and oxygen atoms in total. The standard InChI is InChI=1S/C23H22BrNO4/c1-27-19-12-13-21(28-2)17(14-19)16-25(23(26)15-24)20-10-6-7-11-22(20)29-18-8-4-3-5-9-18/h3-14H,15-16H2,1-2H3. The Labute approximate surface area is 178 Å². The number of halogens is 1. The summed E-state index contributed by atoms with van der Waals surface area (Å²) < 4.78 is 16.9. The highest BCUT2D eigenvalue weighted by molar-refractivity contribution is 9.09. The van der Waals surface area contributed by atoms with E-state index in [-0.39, 0.29) is 11.2 Å². The topological polar surface area (TPSA) is 48.0 Å². The third-order valence-electron chi connectivity index (χ3n) is 4.36. The first-order valence-corrected chi connectivity index (χ1v) is 10.2. The number of rotatable bonds is 8. The average molecular weight is 456 g/mol. The fourth-order valence-corrected chi connectivity index (χ4v) is 3.24. The van der Waals surface area contributed by atoms with E-state index in [0.29, 0.717) is 35.2 Å². The highest BCUT2D eigenvalue weighted by Crippen LogP contribution is 2.35. The van der Waals surface area contributed by atoms with Crippen molar-refractivity contribution in [2.75, 3.05) is 24.4 Å². The Morgan fingerprint density at radius 2 is 1.59 bits per heavy atom. The summed E-state index contributed by atoms with van der Waals surface area (Å²) in [6.07, 6.45) is 0. The number of hydrogen-bond donors (Lipinski definition) is 0. The van der Waals surface area contributed by atoms with Crippen molar-refractivity contribution >= 4 is 27.5 Å². The Balaban J connectivity index is 2.00. The number of ether oxygens (including phenoxy) is 3. The van der Waals surface area contributed by atoms with Crippen LogP contribution in [0.1, 0.15) is 5.56 Å². The van der Waals surface area contributed by atoms with E-state index in [1.54, 1.807) is 19.1 Å². The van der Waals surface area contributed by atoms with Crippen molar-refractivity contribution in [3.63, 3.8) is 0 Å². The van der Waals surface area contributed by atoms with E-state index >= 15 is 0 Å². The second-order valence-electron chi connectivity index (χ2n) is 6.17. The lowest BCUT2D eigenvalue weighted by molar-refractivity contribution is -0.116. The predicted octanol–water partition coefficient (Wildman–Crippen LogP) is 5.42. The van der Waals surface area contributed by atoms with Crippen LogP contribution in [0.5, 0.6) is 23.0 Å². The number of amides is 1. The van der Waals surface area contributed by atoms with Crippen LogP contribution < -0.4 is 19.1 Å². The van der Waals surface area contributed by atoms with Gasteiger partial charge in [0.1, 0.15) is 17.2 Å². The molecular formula is C23H22BrNO4. The summed E-state index contributed by atoms with van der Waals surface area (Å²) in [5.74, 6) is 2.57. The van der Waals surface area contributed by atoms with Crippen molar-refractivity contribution in [3.05, 3.63) is 78.4 Å². The van der Waals surface area contributed by atoms with Gasteiger partial charge >= 0.3 is 0 Å². The van der Waals surface area contributed by atoms with E-state index in [1.165, 1.54) is 0 Å². The van der Waals surface area contributed by atoms with Gasteiger partial charge in [0, 0.05) is 5.56 Å². The number of carbonyl (C=O) groups is 1. The lowest BCUT2D eigenvalue weighted by Crippen LogP contribution is -2.31. The number of para-hydroxylation sites is 3. The number of alkyl halides is 1. The summed E-state index contributed by atoms with van der Waals surface area (Å²) >= 11 is 3.29. The van der Waals surface area contributed by atoms with E-state index in [9.17, 15) is 4.79 Å². The van der Waals surface area contributed by atoms with Crippen LogP contribution in [0, 0.1) is 0 Å². The summed E-state index contributed by atoms with van der Waals surface area (Å²) in [4.78, 5) is 14.5.